The summed E-state index contributed by atoms with van der Waals surface area (Å²) >= 11 is 1.46. The highest BCUT2D eigenvalue weighted by Crippen LogP contribution is 2.32. The van der Waals surface area contributed by atoms with Crippen LogP contribution in [0.4, 0.5) is 5.95 Å². The number of benzene rings is 2. The summed E-state index contributed by atoms with van der Waals surface area (Å²) in [6, 6.07) is 13.8. The van der Waals surface area contributed by atoms with E-state index in [1.807, 2.05) is 61.7 Å². The Morgan fingerprint density at radius 1 is 1.13 bits per heavy atom. The molecule has 0 spiro atoms. The topological polar surface area (TPSA) is 77.8 Å². The molecule has 0 bridgehead atoms. The Morgan fingerprint density at radius 3 is 2.68 bits per heavy atom. The minimum Gasteiger partial charge on any atom is -0.496 e. The van der Waals surface area contributed by atoms with E-state index in [1.54, 1.807) is 11.6 Å². The average molecular weight is 437 g/mol. The fourth-order valence-corrected chi connectivity index (χ4v) is 4.22. The van der Waals surface area contributed by atoms with Crippen LogP contribution in [0.25, 0.3) is 16.2 Å². The van der Waals surface area contributed by atoms with E-state index >= 15 is 0 Å². The summed E-state index contributed by atoms with van der Waals surface area (Å²) in [5.74, 6) is 1.81. The number of carbonyl (C=O) groups is 1. The zero-order chi connectivity index (χ0) is 21.8. The maximum Gasteiger partial charge on any atom is 0.250 e. The van der Waals surface area contributed by atoms with E-state index in [0.717, 1.165) is 33.9 Å². The van der Waals surface area contributed by atoms with Gasteiger partial charge in [0.15, 0.2) is 0 Å². The number of nitrogens with zero attached hydrogens (tertiary/aromatic N) is 3. The molecule has 0 saturated carbocycles. The number of fused-ring (bicyclic) bond motifs is 1. The first-order valence-corrected chi connectivity index (χ1v) is 10.9. The quantitative estimate of drug-likeness (QED) is 0.398. The number of para-hydroxylation sites is 2. The Bertz CT molecular complexity index is 1190. The van der Waals surface area contributed by atoms with Crippen molar-refractivity contribution in [3.8, 4) is 22.8 Å². The van der Waals surface area contributed by atoms with Crippen molar-refractivity contribution in [2.45, 2.75) is 26.7 Å². The van der Waals surface area contributed by atoms with Gasteiger partial charge in [0.2, 0.25) is 16.8 Å². The van der Waals surface area contributed by atoms with Crippen molar-refractivity contribution >= 4 is 28.2 Å². The Morgan fingerprint density at radius 2 is 1.90 bits per heavy atom. The second kappa shape index (κ2) is 9.18. The maximum atomic E-state index is 12.3. The predicted octanol–water partition coefficient (Wildman–Crippen LogP) is 4.88. The first-order chi connectivity index (χ1) is 15.1. The Hall–Kier alpha value is -3.39. The molecule has 2 aromatic heterocycles. The van der Waals surface area contributed by atoms with Gasteiger partial charge in [0, 0.05) is 17.4 Å². The van der Waals surface area contributed by atoms with Crippen LogP contribution >= 0.6 is 11.3 Å². The summed E-state index contributed by atoms with van der Waals surface area (Å²) in [5.41, 5.74) is 3.98. The SMILES string of the molecule is COc1ccccc1-c1csc2nc(NC(=O)CCCOc3c(C)cccc3C)nn12. The summed E-state index contributed by atoms with van der Waals surface area (Å²) in [4.78, 5) is 17.5. The van der Waals surface area contributed by atoms with Crippen LogP contribution in [-0.2, 0) is 4.79 Å². The van der Waals surface area contributed by atoms with E-state index in [2.05, 4.69) is 15.4 Å². The molecule has 2 aromatic carbocycles. The maximum absolute atomic E-state index is 12.3. The third-order valence-corrected chi connectivity index (χ3v) is 5.74. The zero-order valence-corrected chi connectivity index (χ0v) is 18.5. The van der Waals surface area contributed by atoms with E-state index in [9.17, 15) is 4.79 Å². The van der Waals surface area contributed by atoms with Crippen LogP contribution < -0.4 is 14.8 Å². The fourth-order valence-electron chi connectivity index (χ4n) is 3.40. The van der Waals surface area contributed by atoms with E-state index in [-0.39, 0.29) is 5.91 Å². The normalized spacial score (nSPS) is 10.9. The molecule has 2 heterocycles. The van der Waals surface area contributed by atoms with Gasteiger partial charge in [-0.25, -0.2) is 4.52 Å². The van der Waals surface area contributed by atoms with Crippen molar-refractivity contribution in [3.05, 3.63) is 59.0 Å². The third kappa shape index (κ3) is 4.54. The number of aromatic nitrogens is 3. The molecule has 7 nitrogen and oxygen atoms in total. The molecule has 0 aliphatic carbocycles. The minimum atomic E-state index is -0.137. The van der Waals surface area contributed by atoms with Gasteiger partial charge in [-0.3, -0.25) is 10.1 Å². The highest BCUT2D eigenvalue weighted by molar-refractivity contribution is 7.15. The van der Waals surface area contributed by atoms with Gasteiger partial charge < -0.3 is 9.47 Å². The molecule has 1 amide bonds. The van der Waals surface area contributed by atoms with Crippen LogP contribution in [-0.4, -0.2) is 34.2 Å². The predicted molar refractivity (Wildman–Crippen MR) is 122 cm³/mol. The van der Waals surface area contributed by atoms with Crippen LogP contribution in [0.2, 0.25) is 0 Å². The summed E-state index contributed by atoms with van der Waals surface area (Å²) in [7, 11) is 1.64. The molecule has 0 aliphatic rings. The highest BCUT2D eigenvalue weighted by Gasteiger charge is 2.15. The van der Waals surface area contributed by atoms with Gasteiger partial charge in [-0.15, -0.1) is 16.4 Å². The molecule has 0 atom stereocenters. The zero-order valence-electron chi connectivity index (χ0n) is 17.7. The molecular weight excluding hydrogens is 412 g/mol. The number of methoxy groups -OCH3 is 1. The van der Waals surface area contributed by atoms with Crippen LogP contribution in [0, 0.1) is 13.8 Å². The molecule has 8 heteroatoms. The van der Waals surface area contributed by atoms with Gasteiger partial charge in [-0.1, -0.05) is 30.3 Å². The van der Waals surface area contributed by atoms with Gasteiger partial charge in [0.05, 0.1) is 19.4 Å². The molecule has 1 N–H and O–H groups in total. The number of thiazole rings is 1. The number of carbonyl (C=O) groups excluding carboxylic acids is 1. The standard InChI is InChI=1S/C23H24N4O3S/c1-15-8-6-9-16(2)21(15)30-13-7-12-20(28)24-22-25-23-27(26-22)18(14-31-23)17-10-4-5-11-19(17)29-3/h4-6,8-11,14H,7,12-13H2,1-3H3,(H,24,26,28). The van der Waals surface area contributed by atoms with E-state index in [1.165, 1.54) is 11.3 Å². The molecule has 0 saturated heterocycles. The van der Waals surface area contributed by atoms with Gasteiger partial charge in [-0.05, 0) is 43.5 Å². The molecule has 0 aliphatic heterocycles. The molecule has 4 rings (SSSR count). The van der Waals surface area contributed by atoms with Gasteiger partial charge in [0.25, 0.3) is 0 Å². The number of hydrogen-bond acceptors (Lipinski definition) is 6. The van der Waals surface area contributed by atoms with E-state index in [0.29, 0.717) is 30.4 Å². The lowest BCUT2D eigenvalue weighted by Gasteiger charge is -2.11. The van der Waals surface area contributed by atoms with Crippen LogP contribution in [0.3, 0.4) is 0 Å². The summed E-state index contributed by atoms with van der Waals surface area (Å²) in [6.45, 7) is 4.51. The van der Waals surface area contributed by atoms with Crippen molar-refractivity contribution in [3.63, 3.8) is 0 Å². The lowest BCUT2D eigenvalue weighted by atomic mass is 10.1. The van der Waals surface area contributed by atoms with E-state index in [4.69, 9.17) is 9.47 Å². The van der Waals surface area contributed by atoms with E-state index < -0.39 is 0 Å². The largest absolute Gasteiger partial charge is 0.496 e. The lowest BCUT2D eigenvalue weighted by Crippen LogP contribution is -2.14. The number of rotatable bonds is 8. The Balaban J connectivity index is 1.37. The average Bonchev–Trinajstić information content (AvgIpc) is 3.33. The lowest BCUT2D eigenvalue weighted by molar-refractivity contribution is -0.116. The minimum absolute atomic E-state index is 0.137. The molecular formula is C23H24N4O3S. The molecule has 0 unspecified atom stereocenters. The van der Waals surface area contributed by atoms with Crippen molar-refractivity contribution < 1.29 is 14.3 Å². The van der Waals surface area contributed by atoms with Gasteiger partial charge in [-0.2, -0.15) is 4.98 Å². The fraction of sp³-hybridized carbons (Fsp3) is 0.261. The third-order valence-electron chi connectivity index (χ3n) is 4.92. The molecule has 160 valence electrons. The van der Waals surface area contributed by atoms with Gasteiger partial charge >= 0.3 is 0 Å². The Labute approximate surface area is 184 Å². The second-order valence-corrected chi connectivity index (χ2v) is 8.01. The van der Waals surface area contributed by atoms with Gasteiger partial charge in [0.1, 0.15) is 11.5 Å². The summed E-state index contributed by atoms with van der Waals surface area (Å²) in [5, 5.41) is 9.22. The number of amides is 1. The van der Waals surface area contributed by atoms with Crippen LogP contribution in [0.5, 0.6) is 11.5 Å². The van der Waals surface area contributed by atoms with Crippen molar-refractivity contribution in [1.29, 1.82) is 0 Å². The molecule has 0 radical (unpaired) electrons. The number of aryl methyl sites for hydroxylation is 2. The smallest absolute Gasteiger partial charge is 0.250 e. The molecule has 4 aromatic rings. The monoisotopic (exact) mass is 436 g/mol. The number of hydrogen-bond donors (Lipinski definition) is 1. The van der Waals surface area contributed by atoms with Crippen LogP contribution in [0.1, 0.15) is 24.0 Å². The summed E-state index contributed by atoms with van der Waals surface area (Å²) in [6.07, 6.45) is 0.936. The first-order valence-electron chi connectivity index (χ1n) is 10.0. The van der Waals surface area contributed by atoms with Crippen LogP contribution in [0.15, 0.2) is 47.8 Å². The number of anilines is 1. The first kappa shape index (κ1) is 20.9. The molecule has 0 fully saturated rings. The van der Waals surface area contributed by atoms with Crippen molar-refractivity contribution in [1.82, 2.24) is 14.6 Å². The second-order valence-electron chi connectivity index (χ2n) is 7.17. The highest BCUT2D eigenvalue weighted by atomic mass is 32.1. The van der Waals surface area contributed by atoms with Crippen molar-refractivity contribution in [2.24, 2.45) is 0 Å². The van der Waals surface area contributed by atoms with Crippen molar-refractivity contribution in [2.75, 3.05) is 19.0 Å². The summed E-state index contributed by atoms with van der Waals surface area (Å²) < 4.78 is 13.0. The number of nitrogens with one attached hydrogen (secondary N) is 1. The Kier molecular flexibility index (Phi) is 6.18. The molecule has 31 heavy (non-hydrogen) atoms. The number of ether oxygens (including phenoxy) is 2.